The van der Waals surface area contributed by atoms with Crippen molar-refractivity contribution in [3.63, 3.8) is 0 Å². The molecule has 2 heterocycles. The molecule has 2 rings (SSSR count). The smallest absolute Gasteiger partial charge is 0.303 e. The molecule has 1 fully saturated rings. The lowest BCUT2D eigenvalue weighted by atomic mass is 9.93. The van der Waals surface area contributed by atoms with E-state index in [4.69, 9.17) is 9.63 Å². The predicted molar refractivity (Wildman–Crippen MR) is 85.3 cm³/mol. The number of hydrogen-bond donors (Lipinski definition) is 1. The summed E-state index contributed by atoms with van der Waals surface area (Å²) in [7, 11) is 0. The van der Waals surface area contributed by atoms with Gasteiger partial charge in [0, 0.05) is 31.5 Å². The third-order valence-corrected chi connectivity index (χ3v) is 4.72. The molecule has 1 aliphatic rings. The first-order valence-corrected chi connectivity index (χ1v) is 8.52. The van der Waals surface area contributed by atoms with E-state index in [2.05, 4.69) is 19.0 Å². The number of piperidine rings is 1. The van der Waals surface area contributed by atoms with Gasteiger partial charge in [-0.3, -0.25) is 9.59 Å². The van der Waals surface area contributed by atoms with Crippen molar-refractivity contribution in [2.24, 2.45) is 5.92 Å². The average molecular weight is 322 g/mol. The third-order valence-electron chi connectivity index (χ3n) is 4.72. The number of hydrogen-bond acceptors (Lipinski definition) is 4. The van der Waals surface area contributed by atoms with Gasteiger partial charge in [-0.25, -0.2) is 0 Å². The molecule has 1 atom stereocenters. The fraction of sp³-hybridized carbons (Fsp3) is 0.706. The molecular formula is C17H26N2O4. The highest BCUT2D eigenvalue weighted by Gasteiger charge is 2.27. The first kappa shape index (κ1) is 17.5. The van der Waals surface area contributed by atoms with Crippen LogP contribution in [0.25, 0.3) is 0 Å². The molecule has 0 aliphatic carbocycles. The molecule has 0 bridgehead atoms. The van der Waals surface area contributed by atoms with Crippen LogP contribution in [0.4, 0.5) is 0 Å². The van der Waals surface area contributed by atoms with Crippen molar-refractivity contribution in [2.45, 2.75) is 58.3 Å². The molecule has 1 aromatic rings. The summed E-state index contributed by atoms with van der Waals surface area (Å²) in [6.45, 7) is 5.50. The lowest BCUT2D eigenvalue weighted by Crippen LogP contribution is -2.39. The first-order valence-electron chi connectivity index (χ1n) is 8.52. The van der Waals surface area contributed by atoms with Crippen molar-refractivity contribution in [1.82, 2.24) is 10.1 Å². The number of carboxylic acid groups (broad SMARTS) is 1. The molecule has 0 spiro atoms. The van der Waals surface area contributed by atoms with Gasteiger partial charge in [-0.05, 0) is 38.0 Å². The zero-order valence-corrected chi connectivity index (χ0v) is 14.0. The lowest BCUT2D eigenvalue weighted by molar-refractivity contribution is -0.137. The predicted octanol–water partition coefficient (Wildman–Crippen LogP) is 3.30. The molecule has 1 N–H and O–H groups in total. The highest BCUT2D eigenvalue weighted by molar-refractivity contribution is 5.91. The van der Waals surface area contributed by atoms with Crippen molar-refractivity contribution < 1.29 is 19.2 Å². The monoisotopic (exact) mass is 322 g/mol. The van der Waals surface area contributed by atoms with E-state index in [-0.39, 0.29) is 18.2 Å². The van der Waals surface area contributed by atoms with Crippen LogP contribution < -0.4 is 0 Å². The largest absolute Gasteiger partial charge is 0.481 e. The number of aromatic nitrogens is 1. The van der Waals surface area contributed by atoms with Crippen LogP contribution in [-0.2, 0) is 4.79 Å². The Morgan fingerprint density at radius 2 is 2.17 bits per heavy atom. The minimum absolute atomic E-state index is 0.130. The molecule has 1 amide bonds. The molecule has 0 aromatic carbocycles. The molecule has 0 unspecified atom stereocenters. The first-order chi connectivity index (χ1) is 11.0. The van der Waals surface area contributed by atoms with Gasteiger partial charge in [-0.15, -0.1) is 0 Å². The molecule has 6 heteroatoms. The molecule has 1 aliphatic heterocycles. The lowest BCUT2D eigenvalue weighted by Gasteiger charge is -2.31. The number of likely N-dealkylation sites (tertiary alicyclic amines) is 1. The third kappa shape index (κ3) is 4.56. The van der Waals surface area contributed by atoms with E-state index >= 15 is 0 Å². The summed E-state index contributed by atoms with van der Waals surface area (Å²) in [6, 6.07) is 1.76. The zero-order valence-electron chi connectivity index (χ0n) is 14.0. The Labute approximate surface area is 136 Å². The molecule has 128 valence electrons. The van der Waals surface area contributed by atoms with E-state index in [1.54, 1.807) is 11.0 Å². The highest BCUT2D eigenvalue weighted by atomic mass is 16.5. The summed E-state index contributed by atoms with van der Waals surface area (Å²) in [5, 5.41) is 12.8. The van der Waals surface area contributed by atoms with Crippen molar-refractivity contribution in [3.8, 4) is 0 Å². The molecule has 1 aromatic heterocycles. The van der Waals surface area contributed by atoms with Crippen LogP contribution in [0.5, 0.6) is 0 Å². The minimum atomic E-state index is -0.779. The zero-order chi connectivity index (χ0) is 16.8. The van der Waals surface area contributed by atoms with Crippen LogP contribution >= 0.6 is 0 Å². The molecule has 0 radical (unpaired) electrons. The van der Waals surface area contributed by atoms with Crippen molar-refractivity contribution in [1.29, 1.82) is 0 Å². The number of nitrogens with zero attached hydrogens (tertiary/aromatic N) is 2. The van der Waals surface area contributed by atoms with Crippen LogP contribution in [0.2, 0.25) is 0 Å². The van der Waals surface area contributed by atoms with E-state index in [9.17, 15) is 9.59 Å². The van der Waals surface area contributed by atoms with Crippen molar-refractivity contribution in [2.75, 3.05) is 13.1 Å². The van der Waals surface area contributed by atoms with E-state index < -0.39 is 5.97 Å². The van der Waals surface area contributed by atoms with E-state index in [0.29, 0.717) is 31.2 Å². The van der Waals surface area contributed by atoms with E-state index in [0.717, 1.165) is 31.4 Å². The van der Waals surface area contributed by atoms with Crippen LogP contribution in [0, 0.1) is 5.92 Å². The second-order valence-corrected chi connectivity index (χ2v) is 6.32. The van der Waals surface area contributed by atoms with Gasteiger partial charge in [0.05, 0.1) is 5.69 Å². The van der Waals surface area contributed by atoms with Gasteiger partial charge in [0.15, 0.2) is 0 Å². The number of rotatable bonds is 7. The number of carboxylic acids is 1. The molecular weight excluding hydrogens is 296 g/mol. The van der Waals surface area contributed by atoms with Crippen LogP contribution in [-0.4, -0.2) is 40.1 Å². The maximum Gasteiger partial charge on any atom is 0.303 e. The Morgan fingerprint density at radius 3 is 2.83 bits per heavy atom. The average Bonchev–Trinajstić information content (AvgIpc) is 3.03. The van der Waals surface area contributed by atoms with Crippen molar-refractivity contribution in [3.05, 3.63) is 17.5 Å². The Kier molecular flexibility index (Phi) is 6.19. The summed E-state index contributed by atoms with van der Waals surface area (Å²) in [5.74, 6) is -0.0331. The Bertz CT molecular complexity index is 536. The van der Waals surface area contributed by atoms with E-state index in [1.807, 2.05) is 0 Å². The van der Waals surface area contributed by atoms with Crippen LogP contribution in [0.3, 0.4) is 0 Å². The Morgan fingerprint density at radius 1 is 1.43 bits per heavy atom. The summed E-state index contributed by atoms with van der Waals surface area (Å²) >= 11 is 0. The van der Waals surface area contributed by atoms with Gasteiger partial charge in [0.25, 0.3) is 5.91 Å². The molecule has 23 heavy (non-hydrogen) atoms. The quantitative estimate of drug-likeness (QED) is 0.832. The summed E-state index contributed by atoms with van der Waals surface area (Å²) in [5.41, 5.74) is 0.845. The maximum atomic E-state index is 12.6. The van der Waals surface area contributed by atoms with Gasteiger partial charge < -0.3 is 14.5 Å². The number of amides is 1. The van der Waals surface area contributed by atoms with E-state index in [1.165, 1.54) is 0 Å². The normalized spacial score (nSPS) is 18.4. The second kappa shape index (κ2) is 8.13. The van der Waals surface area contributed by atoms with Gasteiger partial charge in [-0.1, -0.05) is 19.0 Å². The van der Waals surface area contributed by atoms with Gasteiger partial charge in [0.2, 0.25) is 5.76 Å². The summed E-state index contributed by atoms with van der Waals surface area (Å²) in [4.78, 5) is 25.0. The maximum absolute atomic E-state index is 12.6. The SMILES string of the molecule is CCC(CC)c1cc(C(=O)N2CCC[C@H](CCC(=O)O)C2)on1. The molecule has 0 saturated carbocycles. The number of aliphatic carboxylic acids is 1. The van der Waals surface area contributed by atoms with Gasteiger partial charge in [-0.2, -0.15) is 0 Å². The highest BCUT2D eigenvalue weighted by Crippen LogP contribution is 2.25. The van der Waals surface area contributed by atoms with Crippen LogP contribution in [0.1, 0.15) is 74.5 Å². The fourth-order valence-corrected chi connectivity index (χ4v) is 3.26. The second-order valence-electron chi connectivity index (χ2n) is 6.32. The van der Waals surface area contributed by atoms with Crippen LogP contribution in [0.15, 0.2) is 10.6 Å². The minimum Gasteiger partial charge on any atom is -0.481 e. The summed E-state index contributed by atoms with van der Waals surface area (Å²) in [6.07, 6.45) is 4.60. The molecule has 6 nitrogen and oxygen atoms in total. The number of carbonyl (C=O) groups excluding carboxylic acids is 1. The van der Waals surface area contributed by atoms with Gasteiger partial charge in [0.1, 0.15) is 0 Å². The topological polar surface area (TPSA) is 83.6 Å². The van der Waals surface area contributed by atoms with Crippen molar-refractivity contribution >= 4 is 11.9 Å². The number of carbonyl (C=O) groups is 2. The summed E-state index contributed by atoms with van der Waals surface area (Å²) < 4.78 is 5.26. The van der Waals surface area contributed by atoms with Gasteiger partial charge >= 0.3 is 5.97 Å². The Hall–Kier alpha value is -1.85. The standard InChI is InChI=1S/C17H26N2O4/c1-3-13(4-2)14-10-15(23-18-14)17(22)19-9-5-6-12(11-19)7-8-16(20)21/h10,12-13H,3-9,11H2,1-2H3,(H,20,21)/t12-/m1/s1. The fourth-order valence-electron chi connectivity index (χ4n) is 3.26. The Balaban J connectivity index is 1.98. The molecule has 1 saturated heterocycles.